The number of rotatable bonds is 5. The van der Waals surface area contributed by atoms with Crippen LogP contribution in [-0.2, 0) is 0 Å². The fourth-order valence-corrected chi connectivity index (χ4v) is 3.40. The normalized spacial score (nSPS) is 19.3. The topological polar surface area (TPSA) is 29.3 Å². The second-order valence-corrected chi connectivity index (χ2v) is 7.48. The third-order valence-corrected chi connectivity index (χ3v) is 4.47. The maximum Gasteiger partial charge on any atom is 0.0523 e. The molecular formula is C15H24N2S. The number of benzene rings is 1. The predicted molar refractivity (Wildman–Crippen MR) is 80.0 cm³/mol. The second kappa shape index (κ2) is 5.24. The van der Waals surface area contributed by atoms with Crippen LogP contribution in [-0.4, -0.2) is 29.8 Å². The quantitative estimate of drug-likeness (QED) is 0.828. The maximum atomic E-state index is 6.40. The van der Waals surface area contributed by atoms with Gasteiger partial charge in [-0.1, -0.05) is 26.0 Å². The van der Waals surface area contributed by atoms with Gasteiger partial charge in [0, 0.05) is 15.7 Å². The molecule has 100 valence electrons. The lowest BCUT2D eigenvalue weighted by molar-refractivity contribution is 0.246. The molecule has 1 fully saturated rings. The Morgan fingerprint density at radius 1 is 1.17 bits per heavy atom. The van der Waals surface area contributed by atoms with Crippen molar-refractivity contribution >= 4 is 11.8 Å². The minimum Gasteiger partial charge on any atom is -0.323 e. The summed E-state index contributed by atoms with van der Waals surface area (Å²) in [6.45, 7) is 4.44. The number of nitrogens with zero attached hydrogens (tertiary/aromatic N) is 1. The van der Waals surface area contributed by atoms with E-state index in [2.05, 4.69) is 57.1 Å². The summed E-state index contributed by atoms with van der Waals surface area (Å²) in [5.74, 6) is 0. The van der Waals surface area contributed by atoms with Crippen molar-refractivity contribution in [3.63, 3.8) is 0 Å². The Balaban J connectivity index is 2.16. The first-order valence-electron chi connectivity index (χ1n) is 6.64. The van der Waals surface area contributed by atoms with Gasteiger partial charge in [-0.15, -0.1) is 11.8 Å². The zero-order chi connectivity index (χ0) is 13.3. The van der Waals surface area contributed by atoms with Gasteiger partial charge in [0.2, 0.25) is 0 Å². The monoisotopic (exact) mass is 264 g/mol. The average molecular weight is 264 g/mol. The molecule has 2 rings (SSSR count). The van der Waals surface area contributed by atoms with E-state index in [4.69, 9.17) is 5.73 Å². The van der Waals surface area contributed by atoms with E-state index in [0.717, 1.165) is 12.8 Å². The van der Waals surface area contributed by atoms with Crippen LogP contribution in [0.1, 0.15) is 38.3 Å². The molecule has 1 aromatic rings. The van der Waals surface area contributed by atoms with E-state index in [1.165, 1.54) is 10.5 Å². The first-order chi connectivity index (χ1) is 8.42. The SMILES string of the molecule is CC(C)Sc1ccc(C(N(C)C)C2(N)CC2)cc1. The van der Waals surface area contributed by atoms with Gasteiger partial charge in [0.15, 0.2) is 0 Å². The van der Waals surface area contributed by atoms with Gasteiger partial charge in [-0.25, -0.2) is 0 Å². The lowest BCUT2D eigenvalue weighted by Crippen LogP contribution is -2.39. The van der Waals surface area contributed by atoms with Gasteiger partial charge in [-0.3, -0.25) is 0 Å². The molecule has 0 heterocycles. The molecule has 0 radical (unpaired) electrons. The molecule has 0 aliphatic heterocycles. The Morgan fingerprint density at radius 2 is 1.72 bits per heavy atom. The van der Waals surface area contributed by atoms with Crippen LogP contribution in [0.2, 0.25) is 0 Å². The highest BCUT2D eigenvalue weighted by Gasteiger charge is 2.47. The highest BCUT2D eigenvalue weighted by atomic mass is 32.2. The minimum atomic E-state index is -0.00376. The van der Waals surface area contributed by atoms with Gasteiger partial charge in [-0.05, 0) is 44.6 Å². The molecule has 0 aromatic heterocycles. The zero-order valence-corrected chi connectivity index (χ0v) is 12.6. The molecule has 1 unspecified atom stereocenters. The molecule has 2 N–H and O–H groups in total. The van der Waals surface area contributed by atoms with Crippen LogP contribution >= 0.6 is 11.8 Å². The summed E-state index contributed by atoms with van der Waals surface area (Å²) in [5, 5.41) is 0.629. The standard InChI is InChI=1S/C15H24N2S/c1-11(2)18-13-7-5-12(6-8-13)14(17(3)4)15(16)9-10-15/h5-8,11,14H,9-10,16H2,1-4H3. The van der Waals surface area contributed by atoms with Crippen molar-refractivity contribution in [3.05, 3.63) is 29.8 Å². The van der Waals surface area contributed by atoms with Crippen LogP contribution in [0.4, 0.5) is 0 Å². The molecule has 0 amide bonds. The van der Waals surface area contributed by atoms with Crippen molar-refractivity contribution < 1.29 is 0 Å². The molecule has 1 saturated carbocycles. The highest BCUT2D eigenvalue weighted by molar-refractivity contribution is 7.99. The van der Waals surface area contributed by atoms with Gasteiger partial charge in [0.1, 0.15) is 0 Å². The first kappa shape index (κ1) is 13.9. The Hall–Kier alpha value is -0.510. The highest BCUT2D eigenvalue weighted by Crippen LogP contribution is 2.46. The largest absolute Gasteiger partial charge is 0.323 e. The number of hydrogen-bond donors (Lipinski definition) is 1. The van der Waals surface area contributed by atoms with Crippen molar-refractivity contribution in [3.8, 4) is 0 Å². The minimum absolute atomic E-state index is 0.00376. The first-order valence-corrected chi connectivity index (χ1v) is 7.52. The van der Waals surface area contributed by atoms with E-state index in [0.29, 0.717) is 11.3 Å². The molecule has 1 aliphatic carbocycles. The van der Waals surface area contributed by atoms with Gasteiger partial charge in [0.05, 0.1) is 6.04 Å². The van der Waals surface area contributed by atoms with Crippen LogP contribution in [0.5, 0.6) is 0 Å². The summed E-state index contributed by atoms with van der Waals surface area (Å²) < 4.78 is 0. The molecule has 2 nitrogen and oxygen atoms in total. The zero-order valence-electron chi connectivity index (χ0n) is 11.8. The maximum absolute atomic E-state index is 6.40. The van der Waals surface area contributed by atoms with Crippen LogP contribution < -0.4 is 5.73 Å². The molecule has 1 atom stereocenters. The smallest absolute Gasteiger partial charge is 0.0523 e. The van der Waals surface area contributed by atoms with E-state index in [1.807, 2.05) is 11.8 Å². The van der Waals surface area contributed by atoms with Gasteiger partial charge in [0.25, 0.3) is 0 Å². The van der Waals surface area contributed by atoms with Crippen molar-refractivity contribution in [1.29, 1.82) is 0 Å². The molecule has 18 heavy (non-hydrogen) atoms. The van der Waals surface area contributed by atoms with E-state index >= 15 is 0 Å². The van der Waals surface area contributed by atoms with E-state index < -0.39 is 0 Å². The van der Waals surface area contributed by atoms with Crippen molar-refractivity contribution in [2.75, 3.05) is 14.1 Å². The lowest BCUT2D eigenvalue weighted by atomic mass is 9.97. The van der Waals surface area contributed by atoms with Gasteiger partial charge in [-0.2, -0.15) is 0 Å². The molecule has 0 saturated heterocycles. The summed E-state index contributed by atoms with van der Waals surface area (Å²) in [5.41, 5.74) is 7.73. The van der Waals surface area contributed by atoms with Crippen molar-refractivity contribution in [2.24, 2.45) is 5.73 Å². The van der Waals surface area contributed by atoms with E-state index in [9.17, 15) is 0 Å². The number of thioether (sulfide) groups is 1. The Labute approximate surface area is 115 Å². The summed E-state index contributed by atoms with van der Waals surface area (Å²) in [6, 6.07) is 9.27. The molecular weight excluding hydrogens is 240 g/mol. The summed E-state index contributed by atoms with van der Waals surface area (Å²) in [7, 11) is 4.24. The molecule has 1 aliphatic rings. The lowest BCUT2D eigenvalue weighted by Gasteiger charge is -2.30. The van der Waals surface area contributed by atoms with Crippen molar-refractivity contribution in [2.45, 2.75) is 48.4 Å². The number of nitrogens with two attached hydrogens (primary N) is 1. The predicted octanol–water partition coefficient (Wildman–Crippen LogP) is 3.28. The van der Waals surface area contributed by atoms with Crippen LogP contribution in [0.15, 0.2) is 29.2 Å². The fourth-order valence-electron chi connectivity index (χ4n) is 2.56. The summed E-state index contributed by atoms with van der Waals surface area (Å²) in [4.78, 5) is 3.59. The third-order valence-electron chi connectivity index (χ3n) is 3.46. The van der Waals surface area contributed by atoms with E-state index in [1.54, 1.807) is 0 Å². The van der Waals surface area contributed by atoms with Gasteiger partial charge >= 0.3 is 0 Å². The number of hydrogen-bond acceptors (Lipinski definition) is 3. The summed E-state index contributed by atoms with van der Waals surface area (Å²) in [6.07, 6.45) is 2.27. The molecule has 0 spiro atoms. The van der Waals surface area contributed by atoms with Crippen LogP contribution in [0.25, 0.3) is 0 Å². The van der Waals surface area contributed by atoms with Crippen molar-refractivity contribution in [1.82, 2.24) is 4.90 Å². The molecule has 1 aromatic carbocycles. The Kier molecular flexibility index (Phi) is 4.05. The Morgan fingerprint density at radius 3 is 2.11 bits per heavy atom. The van der Waals surface area contributed by atoms with Crippen LogP contribution in [0, 0.1) is 0 Å². The Bertz CT molecular complexity index is 393. The van der Waals surface area contributed by atoms with Crippen LogP contribution in [0.3, 0.4) is 0 Å². The number of likely N-dealkylation sites (N-methyl/N-ethyl adjacent to an activating group) is 1. The molecule has 3 heteroatoms. The molecule has 0 bridgehead atoms. The third kappa shape index (κ3) is 3.08. The fraction of sp³-hybridized carbons (Fsp3) is 0.600. The van der Waals surface area contributed by atoms with Gasteiger partial charge < -0.3 is 10.6 Å². The van der Waals surface area contributed by atoms with E-state index in [-0.39, 0.29) is 5.54 Å². The summed E-state index contributed by atoms with van der Waals surface area (Å²) >= 11 is 1.91. The average Bonchev–Trinajstić information content (AvgIpc) is 2.98. The second-order valence-electron chi connectivity index (χ2n) is 5.83.